The van der Waals surface area contributed by atoms with Gasteiger partial charge >= 0.3 is 0 Å². The molecular formula is C17H30N2O. The molecule has 1 aromatic carbocycles. The van der Waals surface area contributed by atoms with E-state index in [9.17, 15) is 5.11 Å². The Morgan fingerprint density at radius 3 is 2.50 bits per heavy atom. The third kappa shape index (κ3) is 5.93. The molecule has 0 saturated carbocycles. The number of aliphatic hydroxyl groups excluding tert-OH is 1. The van der Waals surface area contributed by atoms with Gasteiger partial charge in [0, 0.05) is 25.8 Å². The molecule has 0 aromatic heterocycles. The van der Waals surface area contributed by atoms with Crippen molar-refractivity contribution >= 4 is 5.69 Å². The lowest BCUT2D eigenvalue weighted by Gasteiger charge is -2.22. The molecule has 114 valence electrons. The molecule has 0 bridgehead atoms. The zero-order chi connectivity index (χ0) is 15.1. The Morgan fingerprint density at radius 1 is 1.25 bits per heavy atom. The first-order valence-electron chi connectivity index (χ1n) is 7.59. The summed E-state index contributed by atoms with van der Waals surface area (Å²) in [6, 6.07) is 6.62. The largest absolute Gasteiger partial charge is 0.393 e. The quantitative estimate of drug-likeness (QED) is 0.767. The summed E-state index contributed by atoms with van der Waals surface area (Å²) in [4.78, 5) is 2.22. The number of nitrogens with one attached hydrogen (secondary N) is 1. The van der Waals surface area contributed by atoms with Gasteiger partial charge in [0.1, 0.15) is 0 Å². The second-order valence-electron chi connectivity index (χ2n) is 6.20. The highest BCUT2D eigenvalue weighted by Crippen LogP contribution is 2.20. The normalized spacial score (nSPS) is 12.8. The Hall–Kier alpha value is -1.06. The van der Waals surface area contributed by atoms with Crippen LogP contribution in [0.5, 0.6) is 0 Å². The Bertz CT molecular complexity index is 402. The molecule has 3 heteroatoms. The number of nitrogens with zero attached hydrogens (tertiary/aromatic N) is 1. The van der Waals surface area contributed by atoms with E-state index in [0.717, 1.165) is 26.1 Å². The van der Waals surface area contributed by atoms with E-state index in [1.54, 1.807) is 0 Å². The minimum atomic E-state index is -0.239. The van der Waals surface area contributed by atoms with Gasteiger partial charge in [0.05, 0.1) is 6.10 Å². The highest BCUT2D eigenvalue weighted by atomic mass is 16.3. The van der Waals surface area contributed by atoms with Gasteiger partial charge in [-0.1, -0.05) is 26.0 Å². The molecule has 1 aromatic rings. The van der Waals surface area contributed by atoms with Gasteiger partial charge in [0.2, 0.25) is 0 Å². The second-order valence-corrected chi connectivity index (χ2v) is 6.20. The van der Waals surface area contributed by atoms with Crippen LogP contribution in [0.15, 0.2) is 18.2 Å². The average Bonchev–Trinajstić information content (AvgIpc) is 2.35. The van der Waals surface area contributed by atoms with Crippen LogP contribution >= 0.6 is 0 Å². The molecule has 0 radical (unpaired) electrons. The average molecular weight is 278 g/mol. The van der Waals surface area contributed by atoms with Crippen LogP contribution in [0.25, 0.3) is 0 Å². The molecule has 0 aliphatic rings. The van der Waals surface area contributed by atoms with Crippen molar-refractivity contribution in [2.45, 2.75) is 46.8 Å². The van der Waals surface area contributed by atoms with E-state index in [2.05, 4.69) is 56.2 Å². The third-order valence-electron chi connectivity index (χ3n) is 3.44. The molecule has 20 heavy (non-hydrogen) atoms. The van der Waals surface area contributed by atoms with E-state index in [1.807, 2.05) is 6.92 Å². The number of aryl methyl sites for hydroxylation is 1. The number of rotatable bonds is 8. The van der Waals surface area contributed by atoms with Gasteiger partial charge < -0.3 is 15.3 Å². The molecule has 2 N–H and O–H groups in total. The van der Waals surface area contributed by atoms with Gasteiger partial charge in [-0.3, -0.25) is 0 Å². The van der Waals surface area contributed by atoms with E-state index in [4.69, 9.17) is 0 Å². The molecular weight excluding hydrogens is 248 g/mol. The van der Waals surface area contributed by atoms with Crippen molar-refractivity contribution < 1.29 is 5.11 Å². The van der Waals surface area contributed by atoms with Crippen molar-refractivity contribution in [3.05, 3.63) is 29.3 Å². The first-order chi connectivity index (χ1) is 9.40. The summed E-state index contributed by atoms with van der Waals surface area (Å²) in [5, 5.41) is 12.8. The highest BCUT2D eigenvalue weighted by Gasteiger charge is 2.07. The number of hydrogen-bond acceptors (Lipinski definition) is 3. The maximum absolute atomic E-state index is 9.37. The molecule has 0 heterocycles. The Labute approximate surface area is 124 Å². The van der Waals surface area contributed by atoms with Crippen LogP contribution in [0.4, 0.5) is 5.69 Å². The monoisotopic (exact) mass is 278 g/mol. The lowest BCUT2D eigenvalue weighted by molar-refractivity contribution is 0.187. The summed E-state index contributed by atoms with van der Waals surface area (Å²) < 4.78 is 0. The van der Waals surface area contributed by atoms with E-state index in [1.165, 1.54) is 16.8 Å². The maximum atomic E-state index is 9.37. The van der Waals surface area contributed by atoms with E-state index in [0.29, 0.717) is 5.92 Å². The summed E-state index contributed by atoms with van der Waals surface area (Å²) >= 11 is 0. The molecule has 0 aliphatic heterocycles. The summed E-state index contributed by atoms with van der Waals surface area (Å²) in [7, 11) is 2.08. The van der Waals surface area contributed by atoms with E-state index in [-0.39, 0.29) is 6.10 Å². The minimum Gasteiger partial charge on any atom is -0.393 e. The lowest BCUT2D eigenvalue weighted by atomic mass is 10.1. The summed E-state index contributed by atoms with van der Waals surface area (Å²) in [6.45, 7) is 11.3. The van der Waals surface area contributed by atoms with Gasteiger partial charge in [-0.25, -0.2) is 0 Å². The fraction of sp³-hybridized carbons (Fsp3) is 0.647. The second kappa shape index (κ2) is 8.28. The molecule has 0 aliphatic carbocycles. The van der Waals surface area contributed by atoms with Crippen molar-refractivity contribution in [2.75, 3.05) is 25.0 Å². The molecule has 1 unspecified atom stereocenters. The van der Waals surface area contributed by atoms with Gasteiger partial charge in [0.25, 0.3) is 0 Å². The van der Waals surface area contributed by atoms with Crippen LogP contribution < -0.4 is 10.2 Å². The van der Waals surface area contributed by atoms with E-state index < -0.39 is 0 Å². The van der Waals surface area contributed by atoms with Crippen LogP contribution in [0.2, 0.25) is 0 Å². The van der Waals surface area contributed by atoms with Crippen LogP contribution in [-0.2, 0) is 6.54 Å². The SMILES string of the molecule is Cc1cc(CNCC(C)C)ccc1N(C)CCC(C)O. The van der Waals surface area contributed by atoms with Crippen molar-refractivity contribution in [2.24, 2.45) is 5.92 Å². The first-order valence-corrected chi connectivity index (χ1v) is 7.59. The van der Waals surface area contributed by atoms with Crippen molar-refractivity contribution in [3.63, 3.8) is 0 Å². The third-order valence-corrected chi connectivity index (χ3v) is 3.44. The first kappa shape index (κ1) is 17.0. The fourth-order valence-electron chi connectivity index (χ4n) is 2.26. The lowest BCUT2D eigenvalue weighted by Crippen LogP contribution is -2.23. The zero-order valence-corrected chi connectivity index (χ0v) is 13.6. The molecule has 1 atom stereocenters. The topological polar surface area (TPSA) is 35.5 Å². The molecule has 0 amide bonds. The van der Waals surface area contributed by atoms with Crippen LogP contribution in [0.3, 0.4) is 0 Å². The number of benzene rings is 1. The van der Waals surface area contributed by atoms with Crippen molar-refractivity contribution in [1.29, 1.82) is 0 Å². The van der Waals surface area contributed by atoms with Crippen LogP contribution in [0.1, 0.15) is 38.3 Å². The van der Waals surface area contributed by atoms with Gasteiger partial charge in [-0.2, -0.15) is 0 Å². The standard InChI is InChI=1S/C17H30N2O/c1-13(2)11-18-12-16-6-7-17(14(3)10-16)19(5)9-8-15(4)20/h6-7,10,13,15,18,20H,8-9,11-12H2,1-5H3. The zero-order valence-electron chi connectivity index (χ0n) is 13.6. The summed E-state index contributed by atoms with van der Waals surface area (Å²) in [5.74, 6) is 0.682. The van der Waals surface area contributed by atoms with Gasteiger partial charge in [-0.15, -0.1) is 0 Å². The minimum absolute atomic E-state index is 0.239. The number of aliphatic hydroxyl groups is 1. The molecule has 0 saturated heterocycles. The van der Waals surface area contributed by atoms with Crippen LogP contribution in [0, 0.1) is 12.8 Å². The van der Waals surface area contributed by atoms with Crippen molar-refractivity contribution in [1.82, 2.24) is 5.32 Å². The Kier molecular flexibility index (Phi) is 7.03. The summed E-state index contributed by atoms with van der Waals surface area (Å²) in [5.41, 5.74) is 3.87. The van der Waals surface area contributed by atoms with Gasteiger partial charge in [-0.05, 0) is 49.9 Å². The fourth-order valence-corrected chi connectivity index (χ4v) is 2.26. The molecule has 0 spiro atoms. The van der Waals surface area contributed by atoms with E-state index >= 15 is 0 Å². The van der Waals surface area contributed by atoms with Crippen LogP contribution in [-0.4, -0.2) is 31.3 Å². The molecule has 1 rings (SSSR count). The summed E-state index contributed by atoms with van der Waals surface area (Å²) in [6.07, 6.45) is 0.561. The number of hydrogen-bond donors (Lipinski definition) is 2. The molecule has 0 fully saturated rings. The Morgan fingerprint density at radius 2 is 1.95 bits per heavy atom. The smallest absolute Gasteiger partial charge is 0.0528 e. The molecule has 3 nitrogen and oxygen atoms in total. The maximum Gasteiger partial charge on any atom is 0.0528 e. The predicted molar refractivity (Wildman–Crippen MR) is 87.3 cm³/mol. The number of anilines is 1. The highest BCUT2D eigenvalue weighted by molar-refractivity contribution is 5.53. The van der Waals surface area contributed by atoms with Gasteiger partial charge in [0.15, 0.2) is 0 Å². The Balaban J connectivity index is 2.58. The predicted octanol–water partition coefficient (Wildman–Crippen LogP) is 2.95. The van der Waals surface area contributed by atoms with Crippen molar-refractivity contribution in [3.8, 4) is 0 Å².